The van der Waals surface area contributed by atoms with Crippen LogP contribution in [0.25, 0.3) is 0 Å². The van der Waals surface area contributed by atoms with Crippen molar-refractivity contribution in [1.82, 2.24) is 5.32 Å². The van der Waals surface area contributed by atoms with Crippen molar-refractivity contribution in [3.05, 3.63) is 35.9 Å². The molecule has 18 heavy (non-hydrogen) atoms. The highest BCUT2D eigenvalue weighted by Crippen LogP contribution is 2.26. The molecule has 3 heteroatoms. The van der Waals surface area contributed by atoms with Gasteiger partial charge in [-0.15, -0.1) is 0 Å². The van der Waals surface area contributed by atoms with Gasteiger partial charge in [-0.3, -0.25) is 0 Å². The molecule has 2 unspecified atom stereocenters. The van der Waals surface area contributed by atoms with Crippen LogP contribution < -0.4 is 5.32 Å². The number of aliphatic imine (C=N–C) groups is 1. The van der Waals surface area contributed by atoms with Gasteiger partial charge in [0.25, 0.3) is 6.02 Å². The maximum atomic E-state index is 5.49. The molecule has 0 aromatic heterocycles. The molecule has 0 amide bonds. The van der Waals surface area contributed by atoms with Crippen LogP contribution in [0.2, 0.25) is 0 Å². The molecule has 0 aliphatic carbocycles. The number of hydrogen-bond donors (Lipinski definition) is 1. The number of benzene rings is 1. The quantitative estimate of drug-likeness (QED) is 0.886. The zero-order chi connectivity index (χ0) is 13.0. The van der Waals surface area contributed by atoms with Gasteiger partial charge in [-0.2, -0.15) is 0 Å². The van der Waals surface area contributed by atoms with Gasteiger partial charge in [0, 0.05) is 7.05 Å². The van der Waals surface area contributed by atoms with Crippen molar-refractivity contribution in [3.63, 3.8) is 0 Å². The fourth-order valence-corrected chi connectivity index (χ4v) is 2.30. The van der Waals surface area contributed by atoms with Gasteiger partial charge in [-0.1, -0.05) is 37.3 Å². The Balaban J connectivity index is 1.89. The largest absolute Gasteiger partial charge is 0.463 e. The van der Waals surface area contributed by atoms with Crippen LogP contribution in [0.15, 0.2) is 35.3 Å². The lowest BCUT2D eigenvalue weighted by Crippen LogP contribution is -2.40. The van der Waals surface area contributed by atoms with Crippen molar-refractivity contribution in [2.24, 2.45) is 4.99 Å². The van der Waals surface area contributed by atoms with Gasteiger partial charge in [0.2, 0.25) is 0 Å². The van der Waals surface area contributed by atoms with E-state index in [4.69, 9.17) is 4.74 Å². The third kappa shape index (κ3) is 3.03. The first kappa shape index (κ1) is 12.9. The average molecular weight is 246 g/mol. The van der Waals surface area contributed by atoms with E-state index in [0.29, 0.717) is 18.5 Å². The third-order valence-corrected chi connectivity index (χ3v) is 3.64. The highest BCUT2D eigenvalue weighted by atomic mass is 16.5. The Bertz CT molecular complexity index is 416. The Kier molecular flexibility index (Phi) is 3.90. The molecule has 1 aromatic rings. The SMILES string of the molecule is CN=C1NC(C)(CCC(C)c2ccccc2)CO1. The Morgan fingerprint density at radius 2 is 2.11 bits per heavy atom. The van der Waals surface area contributed by atoms with Gasteiger partial charge in [-0.25, -0.2) is 4.99 Å². The van der Waals surface area contributed by atoms with Crippen molar-refractivity contribution in [3.8, 4) is 0 Å². The van der Waals surface area contributed by atoms with E-state index in [0.717, 1.165) is 12.8 Å². The molecule has 98 valence electrons. The van der Waals surface area contributed by atoms with Crippen LogP contribution in [0.5, 0.6) is 0 Å². The van der Waals surface area contributed by atoms with Gasteiger partial charge in [0.1, 0.15) is 6.61 Å². The summed E-state index contributed by atoms with van der Waals surface area (Å²) in [6, 6.07) is 11.3. The van der Waals surface area contributed by atoms with Crippen molar-refractivity contribution in [1.29, 1.82) is 0 Å². The van der Waals surface area contributed by atoms with Gasteiger partial charge in [0.05, 0.1) is 5.54 Å². The molecular weight excluding hydrogens is 224 g/mol. The van der Waals surface area contributed by atoms with Crippen LogP contribution in [-0.4, -0.2) is 25.2 Å². The smallest absolute Gasteiger partial charge is 0.284 e. The van der Waals surface area contributed by atoms with E-state index in [-0.39, 0.29) is 5.54 Å². The van der Waals surface area contributed by atoms with E-state index in [1.807, 2.05) is 0 Å². The summed E-state index contributed by atoms with van der Waals surface area (Å²) in [6.07, 6.45) is 2.23. The second-order valence-electron chi connectivity index (χ2n) is 5.35. The highest BCUT2D eigenvalue weighted by molar-refractivity contribution is 5.76. The van der Waals surface area contributed by atoms with Gasteiger partial charge in [0.15, 0.2) is 0 Å². The van der Waals surface area contributed by atoms with Gasteiger partial charge < -0.3 is 10.1 Å². The molecule has 0 radical (unpaired) electrons. The molecule has 0 spiro atoms. The van der Waals surface area contributed by atoms with Crippen LogP contribution in [0, 0.1) is 0 Å². The Morgan fingerprint density at radius 3 is 2.72 bits per heavy atom. The summed E-state index contributed by atoms with van der Waals surface area (Å²) in [6.45, 7) is 5.19. The number of hydrogen-bond acceptors (Lipinski definition) is 2. The Morgan fingerprint density at radius 1 is 1.39 bits per heavy atom. The van der Waals surface area contributed by atoms with E-state index in [2.05, 4.69) is 54.5 Å². The number of rotatable bonds is 4. The van der Waals surface area contributed by atoms with Crippen molar-refractivity contribution < 1.29 is 4.74 Å². The van der Waals surface area contributed by atoms with Gasteiger partial charge in [-0.05, 0) is 31.2 Å². The molecule has 1 fully saturated rings. The summed E-state index contributed by atoms with van der Waals surface area (Å²) in [7, 11) is 1.75. The summed E-state index contributed by atoms with van der Waals surface area (Å²) in [5.41, 5.74) is 1.43. The third-order valence-electron chi connectivity index (χ3n) is 3.64. The molecule has 1 saturated heterocycles. The first-order valence-electron chi connectivity index (χ1n) is 6.56. The summed E-state index contributed by atoms with van der Waals surface area (Å²) in [5.74, 6) is 0.576. The molecular formula is C15H22N2O. The maximum Gasteiger partial charge on any atom is 0.284 e. The lowest BCUT2D eigenvalue weighted by molar-refractivity contribution is 0.259. The molecule has 2 atom stereocenters. The van der Waals surface area contributed by atoms with Crippen molar-refractivity contribution in [2.75, 3.05) is 13.7 Å². The molecule has 1 aliphatic heterocycles. The van der Waals surface area contributed by atoms with E-state index in [9.17, 15) is 0 Å². The monoisotopic (exact) mass is 246 g/mol. The normalized spacial score (nSPS) is 26.7. The minimum Gasteiger partial charge on any atom is -0.463 e. The summed E-state index contributed by atoms with van der Waals surface area (Å²) in [4.78, 5) is 4.05. The zero-order valence-electron chi connectivity index (χ0n) is 11.4. The topological polar surface area (TPSA) is 33.6 Å². The zero-order valence-corrected chi connectivity index (χ0v) is 11.4. The van der Waals surface area contributed by atoms with E-state index < -0.39 is 0 Å². The molecule has 1 heterocycles. The fraction of sp³-hybridized carbons (Fsp3) is 0.533. The van der Waals surface area contributed by atoms with E-state index in [1.54, 1.807) is 7.05 Å². The predicted molar refractivity (Wildman–Crippen MR) is 74.9 cm³/mol. The first-order chi connectivity index (χ1) is 8.63. The summed E-state index contributed by atoms with van der Waals surface area (Å²) in [5, 5.41) is 3.35. The van der Waals surface area contributed by atoms with Gasteiger partial charge >= 0.3 is 0 Å². The molecule has 0 saturated carbocycles. The lowest BCUT2D eigenvalue weighted by atomic mass is 9.89. The van der Waals surface area contributed by atoms with Crippen LogP contribution in [-0.2, 0) is 4.74 Å². The molecule has 1 aromatic carbocycles. The molecule has 2 rings (SSSR count). The number of amidine groups is 1. The minimum absolute atomic E-state index is 0.0257. The van der Waals surface area contributed by atoms with Crippen LogP contribution in [0.1, 0.15) is 38.2 Å². The standard InChI is InChI=1S/C15H22N2O/c1-12(13-7-5-4-6-8-13)9-10-15(2)11-18-14(16-3)17-15/h4-8,12H,9-11H2,1-3H3,(H,16,17). The number of nitrogens with zero attached hydrogens (tertiary/aromatic N) is 1. The summed E-state index contributed by atoms with van der Waals surface area (Å²) < 4.78 is 5.49. The second kappa shape index (κ2) is 5.42. The maximum absolute atomic E-state index is 5.49. The average Bonchev–Trinajstić information content (AvgIpc) is 2.79. The molecule has 1 aliphatic rings. The van der Waals surface area contributed by atoms with Crippen molar-refractivity contribution >= 4 is 6.02 Å². The highest BCUT2D eigenvalue weighted by Gasteiger charge is 2.33. The van der Waals surface area contributed by atoms with E-state index in [1.165, 1.54) is 5.56 Å². The molecule has 1 N–H and O–H groups in total. The molecule has 3 nitrogen and oxygen atoms in total. The number of nitrogens with one attached hydrogen (secondary N) is 1. The van der Waals surface area contributed by atoms with Crippen LogP contribution >= 0.6 is 0 Å². The Hall–Kier alpha value is -1.51. The van der Waals surface area contributed by atoms with E-state index >= 15 is 0 Å². The fourth-order valence-electron chi connectivity index (χ4n) is 2.30. The first-order valence-corrected chi connectivity index (χ1v) is 6.56. The van der Waals surface area contributed by atoms with Crippen LogP contribution in [0.4, 0.5) is 0 Å². The molecule has 0 bridgehead atoms. The van der Waals surface area contributed by atoms with Crippen molar-refractivity contribution in [2.45, 2.75) is 38.1 Å². The summed E-state index contributed by atoms with van der Waals surface area (Å²) >= 11 is 0. The second-order valence-corrected chi connectivity index (χ2v) is 5.35. The lowest BCUT2D eigenvalue weighted by Gasteiger charge is -2.23. The Labute approximate surface area is 109 Å². The van der Waals surface area contributed by atoms with Crippen LogP contribution in [0.3, 0.4) is 0 Å². The minimum atomic E-state index is 0.0257. The predicted octanol–water partition coefficient (Wildman–Crippen LogP) is 2.93. The number of ether oxygens (including phenoxy) is 1.